The molecule has 0 unspecified atom stereocenters. The maximum Gasteiger partial charge on any atom is 0.274 e. The van der Waals surface area contributed by atoms with Gasteiger partial charge >= 0.3 is 0 Å². The van der Waals surface area contributed by atoms with E-state index in [9.17, 15) is 9.90 Å². The van der Waals surface area contributed by atoms with E-state index in [0.717, 1.165) is 60.6 Å². The third kappa shape index (κ3) is 4.93. The molecule has 1 aromatic carbocycles. The van der Waals surface area contributed by atoms with Crippen molar-refractivity contribution in [2.45, 2.75) is 38.7 Å². The normalized spacial score (nSPS) is 17.1. The van der Waals surface area contributed by atoms with Gasteiger partial charge in [-0.25, -0.2) is 9.97 Å². The first-order valence-corrected chi connectivity index (χ1v) is 12.0. The lowest BCUT2D eigenvalue weighted by atomic mass is 9.96. The van der Waals surface area contributed by atoms with E-state index < -0.39 is 0 Å². The fourth-order valence-electron chi connectivity index (χ4n) is 4.87. The van der Waals surface area contributed by atoms with Gasteiger partial charge in [0.2, 0.25) is 0 Å². The van der Waals surface area contributed by atoms with Crippen molar-refractivity contribution in [1.82, 2.24) is 9.97 Å². The second-order valence-corrected chi connectivity index (χ2v) is 9.96. The summed E-state index contributed by atoms with van der Waals surface area (Å²) < 4.78 is 6.18. The van der Waals surface area contributed by atoms with E-state index in [1.165, 1.54) is 0 Å². The molecule has 1 amide bonds. The molecule has 2 aliphatic heterocycles. The van der Waals surface area contributed by atoms with Crippen LogP contribution in [0.15, 0.2) is 48.7 Å². The molecule has 1 saturated heterocycles. The molecule has 182 valence electrons. The van der Waals surface area contributed by atoms with Crippen molar-refractivity contribution in [2.24, 2.45) is 5.92 Å². The van der Waals surface area contributed by atoms with Gasteiger partial charge in [0, 0.05) is 49.5 Å². The maximum atomic E-state index is 13.3. The van der Waals surface area contributed by atoms with E-state index in [-0.39, 0.29) is 18.1 Å². The Balaban J connectivity index is 1.44. The number of nitrogens with zero attached hydrogens (tertiary/aromatic N) is 3. The zero-order valence-electron chi connectivity index (χ0n) is 20.1. The fraction of sp³-hybridized carbons (Fsp3) is 0.370. The standard InChI is InChI=1S/C27H31N5O3/c1-27(2)15-19-12-22(23(14-24(19)35-27)32-10-7-17(16-33)8-11-32)31-26(34)21-5-3-4-20(30-21)18-6-9-29-25(28)13-18/h3-6,9,12-14,17,33H,7-8,10-11,15-16H2,1-2H3,(H2,28,29)(H,31,34). The lowest BCUT2D eigenvalue weighted by Gasteiger charge is -2.34. The van der Waals surface area contributed by atoms with Crippen LogP contribution in [0.5, 0.6) is 5.75 Å². The summed E-state index contributed by atoms with van der Waals surface area (Å²) >= 11 is 0. The molecule has 0 atom stereocenters. The molecule has 4 N–H and O–H groups in total. The van der Waals surface area contributed by atoms with Crippen LogP contribution in [0.1, 0.15) is 42.7 Å². The minimum atomic E-state index is -0.283. The number of aliphatic hydroxyl groups is 1. The molecule has 3 aromatic rings. The highest BCUT2D eigenvalue weighted by Gasteiger charge is 2.32. The van der Waals surface area contributed by atoms with E-state index in [1.807, 2.05) is 30.3 Å². The molecule has 5 rings (SSSR count). The van der Waals surface area contributed by atoms with Crippen molar-refractivity contribution in [3.63, 3.8) is 0 Å². The Hall–Kier alpha value is -3.65. The Labute approximate surface area is 205 Å². The van der Waals surface area contributed by atoms with Crippen molar-refractivity contribution >= 4 is 23.1 Å². The number of piperidine rings is 1. The first-order valence-electron chi connectivity index (χ1n) is 12.0. The number of ether oxygens (including phenoxy) is 1. The Morgan fingerprint density at radius 2 is 2.03 bits per heavy atom. The average molecular weight is 474 g/mol. The lowest BCUT2D eigenvalue weighted by Crippen LogP contribution is -2.35. The summed E-state index contributed by atoms with van der Waals surface area (Å²) in [6.45, 7) is 5.98. The number of aliphatic hydroxyl groups excluding tert-OH is 1. The number of nitrogens with one attached hydrogen (secondary N) is 1. The lowest BCUT2D eigenvalue weighted by molar-refractivity contribution is 0.102. The highest BCUT2D eigenvalue weighted by Crippen LogP contribution is 2.42. The van der Waals surface area contributed by atoms with Gasteiger partial charge in [0.15, 0.2) is 0 Å². The molecule has 0 aliphatic carbocycles. The molecule has 2 aliphatic rings. The number of nitrogens with two attached hydrogens (primary N) is 1. The van der Waals surface area contributed by atoms with Crippen molar-refractivity contribution in [2.75, 3.05) is 35.6 Å². The molecule has 8 heteroatoms. The number of carbonyl (C=O) groups excluding carboxylic acids is 1. The Kier molecular flexibility index (Phi) is 6.06. The largest absolute Gasteiger partial charge is 0.487 e. The van der Waals surface area contributed by atoms with Crippen molar-refractivity contribution in [1.29, 1.82) is 0 Å². The number of benzene rings is 1. The van der Waals surface area contributed by atoms with Crippen LogP contribution in [0.4, 0.5) is 17.2 Å². The predicted octanol–water partition coefficient (Wildman–Crippen LogP) is 3.90. The van der Waals surface area contributed by atoms with Gasteiger partial charge in [-0.3, -0.25) is 4.79 Å². The third-order valence-electron chi connectivity index (χ3n) is 6.70. The number of nitrogen functional groups attached to an aromatic ring is 1. The highest BCUT2D eigenvalue weighted by molar-refractivity contribution is 6.05. The summed E-state index contributed by atoms with van der Waals surface area (Å²) in [5.74, 6) is 1.31. The van der Waals surface area contributed by atoms with Gasteiger partial charge < -0.3 is 25.8 Å². The summed E-state index contributed by atoms with van der Waals surface area (Å²) in [4.78, 5) is 24.2. The Morgan fingerprint density at radius 3 is 2.77 bits per heavy atom. The van der Waals surface area contributed by atoms with E-state index in [2.05, 4.69) is 34.0 Å². The van der Waals surface area contributed by atoms with Crippen LogP contribution in [0, 0.1) is 5.92 Å². The number of hydrogen-bond donors (Lipinski definition) is 3. The fourth-order valence-corrected chi connectivity index (χ4v) is 4.87. The van der Waals surface area contributed by atoms with Crippen LogP contribution in [0.2, 0.25) is 0 Å². The number of rotatable bonds is 5. The minimum Gasteiger partial charge on any atom is -0.487 e. The Morgan fingerprint density at radius 1 is 1.23 bits per heavy atom. The molecule has 8 nitrogen and oxygen atoms in total. The zero-order valence-corrected chi connectivity index (χ0v) is 20.1. The molecule has 0 saturated carbocycles. The smallest absolute Gasteiger partial charge is 0.274 e. The number of aromatic nitrogens is 2. The number of carbonyl (C=O) groups is 1. The molecular formula is C27H31N5O3. The van der Waals surface area contributed by atoms with Gasteiger partial charge in [0.25, 0.3) is 5.91 Å². The summed E-state index contributed by atoms with van der Waals surface area (Å²) in [5, 5.41) is 12.7. The molecule has 0 radical (unpaired) electrons. The van der Waals surface area contributed by atoms with Gasteiger partial charge in [0.1, 0.15) is 22.9 Å². The highest BCUT2D eigenvalue weighted by atomic mass is 16.5. The SMILES string of the molecule is CC1(C)Cc2cc(NC(=O)c3cccc(-c4ccnc(N)c4)n3)c(N3CCC(CO)CC3)cc2O1. The minimum absolute atomic E-state index is 0.212. The van der Waals surface area contributed by atoms with Crippen LogP contribution >= 0.6 is 0 Å². The van der Waals surface area contributed by atoms with E-state index in [0.29, 0.717) is 23.1 Å². The Bertz CT molecular complexity index is 1250. The van der Waals surface area contributed by atoms with Crippen molar-refractivity contribution in [3.8, 4) is 17.0 Å². The first kappa shape index (κ1) is 23.1. The zero-order chi connectivity index (χ0) is 24.6. The van der Waals surface area contributed by atoms with Crippen molar-refractivity contribution in [3.05, 3.63) is 59.9 Å². The topological polar surface area (TPSA) is 114 Å². The van der Waals surface area contributed by atoms with E-state index >= 15 is 0 Å². The van der Waals surface area contributed by atoms with E-state index in [1.54, 1.807) is 18.3 Å². The van der Waals surface area contributed by atoms with Crippen LogP contribution < -0.4 is 20.7 Å². The molecule has 2 aromatic heterocycles. The summed E-state index contributed by atoms with van der Waals surface area (Å²) in [7, 11) is 0. The first-order chi connectivity index (χ1) is 16.8. The number of anilines is 3. The van der Waals surface area contributed by atoms with Crippen LogP contribution in [0.3, 0.4) is 0 Å². The number of amides is 1. The third-order valence-corrected chi connectivity index (χ3v) is 6.70. The summed E-state index contributed by atoms with van der Waals surface area (Å²) in [6, 6.07) is 13.0. The molecule has 4 heterocycles. The van der Waals surface area contributed by atoms with E-state index in [4.69, 9.17) is 10.5 Å². The molecule has 35 heavy (non-hydrogen) atoms. The van der Waals surface area contributed by atoms with Crippen LogP contribution in [-0.4, -0.2) is 46.3 Å². The maximum absolute atomic E-state index is 13.3. The number of fused-ring (bicyclic) bond motifs is 1. The summed E-state index contributed by atoms with van der Waals surface area (Å²) in [6.07, 6.45) is 4.21. The quantitative estimate of drug-likeness (QED) is 0.515. The second kappa shape index (κ2) is 9.19. The second-order valence-electron chi connectivity index (χ2n) is 9.96. The predicted molar refractivity (Wildman–Crippen MR) is 137 cm³/mol. The molecular weight excluding hydrogens is 442 g/mol. The van der Waals surface area contributed by atoms with Crippen molar-refractivity contribution < 1.29 is 14.6 Å². The number of hydrogen-bond acceptors (Lipinski definition) is 7. The van der Waals surface area contributed by atoms with Gasteiger partial charge in [-0.15, -0.1) is 0 Å². The van der Waals surface area contributed by atoms with Crippen LogP contribution in [-0.2, 0) is 6.42 Å². The van der Waals surface area contributed by atoms with Gasteiger partial charge in [-0.05, 0) is 62.9 Å². The van der Waals surface area contributed by atoms with Crippen LogP contribution in [0.25, 0.3) is 11.3 Å². The monoisotopic (exact) mass is 473 g/mol. The van der Waals surface area contributed by atoms with Gasteiger partial charge in [-0.1, -0.05) is 6.07 Å². The molecule has 1 fully saturated rings. The molecule has 0 bridgehead atoms. The number of pyridine rings is 2. The summed E-state index contributed by atoms with van der Waals surface area (Å²) in [5.41, 5.74) is 10.1. The average Bonchev–Trinajstić information content (AvgIpc) is 3.16. The van der Waals surface area contributed by atoms with Gasteiger partial charge in [0.05, 0.1) is 17.1 Å². The molecule has 0 spiro atoms. The van der Waals surface area contributed by atoms with Gasteiger partial charge in [-0.2, -0.15) is 0 Å².